The van der Waals surface area contributed by atoms with Gasteiger partial charge in [0.1, 0.15) is 11.5 Å². The molecule has 35 heavy (non-hydrogen) atoms. The largest absolute Gasteiger partial charge is 0.497 e. The molecule has 180 valence electrons. The van der Waals surface area contributed by atoms with E-state index >= 15 is 0 Å². The monoisotopic (exact) mass is 475 g/mol. The molecule has 2 atom stereocenters. The molecule has 0 aromatic heterocycles. The number of nitro benzene ring substituents is 1. The lowest BCUT2D eigenvalue weighted by Crippen LogP contribution is -2.47. The number of carbonyl (C=O) groups is 2. The van der Waals surface area contributed by atoms with Crippen molar-refractivity contribution in [2.75, 3.05) is 24.4 Å². The first-order valence-corrected chi connectivity index (χ1v) is 11.1. The number of methoxy groups -OCH3 is 2. The quantitative estimate of drug-likeness (QED) is 0.390. The highest BCUT2D eigenvalue weighted by Crippen LogP contribution is 2.43. The number of hydrogen-bond acceptors (Lipinski definition) is 6. The minimum Gasteiger partial charge on any atom is -0.497 e. The molecule has 4 rings (SSSR count). The van der Waals surface area contributed by atoms with Crippen LogP contribution in [-0.2, 0) is 9.59 Å². The molecule has 0 aliphatic carbocycles. The number of para-hydroxylation sites is 1. The summed E-state index contributed by atoms with van der Waals surface area (Å²) >= 11 is 0. The van der Waals surface area contributed by atoms with Crippen LogP contribution in [-0.4, -0.2) is 31.0 Å². The van der Waals surface area contributed by atoms with Crippen LogP contribution >= 0.6 is 0 Å². The Balaban J connectivity index is 1.73. The van der Waals surface area contributed by atoms with Crippen LogP contribution in [0.3, 0.4) is 0 Å². The third-order valence-corrected chi connectivity index (χ3v) is 6.09. The van der Waals surface area contributed by atoms with Crippen molar-refractivity contribution in [2.45, 2.75) is 18.9 Å². The number of non-ortho nitro benzene ring substituents is 1. The highest BCUT2D eigenvalue weighted by atomic mass is 16.6. The molecule has 0 spiro atoms. The third kappa shape index (κ3) is 4.93. The van der Waals surface area contributed by atoms with E-state index in [9.17, 15) is 19.7 Å². The van der Waals surface area contributed by atoms with Gasteiger partial charge in [0.25, 0.3) is 5.69 Å². The van der Waals surface area contributed by atoms with Crippen molar-refractivity contribution in [1.82, 2.24) is 0 Å². The lowest BCUT2D eigenvalue weighted by atomic mass is 9.82. The van der Waals surface area contributed by atoms with Crippen LogP contribution in [0.15, 0.2) is 72.8 Å². The molecule has 9 heteroatoms. The average molecular weight is 476 g/mol. The number of nitro groups is 1. The number of rotatable bonds is 7. The van der Waals surface area contributed by atoms with Gasteiger partial charge >= 0.3 is 0 Å². The number of anilines is 2. The highest BCUT2D eigenvalue weighted by Gasteiger charge is 2.42. The second-order valence-electron chi connectivity index (χ2n) is 8.09. The van der Waals surface area contributed by atoms with Crippen molar-refractivity contribution < 1.29 is 24.0 Å². The second-order valence-corrected chi connectivity index (χ2v) is 8.09. The van der Waals surface area contributed by atoms with Crippen molar-refractivity contribution in [3.63, 3.8) is 0 Å². The number of nitrogens with one attached hydrogen (secondary N) is 1. The van der Waals surface area contributed by atoms with Gasteiger partial charge in [-0.05, 0) is 48.9 Å². The molecule has 2 amide bonds. The SMILES string of the molecule is COc1ccc(N2C(=O)CCC(C(=O)Nc3ccc([N+](=O)[O-])cc3)C2c2ccccc2OC)cc1. The van der Waals surface area contributed by atoms with Gasteiger partial charge in [0.2, 0.25) is 11.8 Å². The fourth-order valence-electron chi connectivity index (χ4n) is 4.38. The van der Waals surface area contributed by atoms with Crippen molar-refractivity contribution >= 4 is 28.9 Å². The van der Waals surface area contributed by atoms with E-state index in [1.807, 2.05) is 18.2 Å². The average Bonchev–Trinajstić information content (AvgIpc) is 2.88. The van der Waals surface area contributed by atoms with Gasteiger partial charge in [0.05, 0.1) is 31.1 Å². The molecule has 1 N–H and O–H groups in total. The molecule has 1 heterocycles. The van der Waals surface area contributed by atoms with Crippen LogP contribution in [0, 0.1) is 16.0 Å². The Morgan fingerprint density at radius 1 is 1.00 bits per heavy atom. The third-order valence-electron chi connectivity index (χ3n) is 6.09. The Bertz CT molecular complexity index is 1230. The molecule has 3 aromatic rings. The van der Waals surface area contributed by atoms with Gasteiger partial charge in [-0.3, -0.25) is 19.7 Å². The van der Waals surface area contributed by atoms with Gasteiger partial charge in [0.15, 0.2) is 0 Å². The smallest absolute Gasteiger partial charge is 0.269 e. The van der Waals surface area contributed by atoms with Crippen LogP contribution in [0.25, 0.3) is 0 Å². The zero-order valence-corrected chi connectivity index (χ0v) is 19.3. The number of nitrogens with zero attached hydrogens (tertiary/aromatic N) is 2. The Kier molecular flexibility index (Phi) is 6.96. The summed E-state index contributed by atoms with van der Waals surface area (Å²) in [6, 6.07) is 19.5. The minimum atomic E-state index is -0.626. The molecule has 0 saturated carbocycles. The summed E-state index contributed by atoms with van der Waals surface area (Å²) < 4.78 is 10.8. The molecule has 1 aliphatic rings. The Morgan fingerprint density at radius 3 is 2.31 bits per heavy atom. The molecule has 0 radical (unpaired) electrons. The van der Waals surface area contributed by atoms with E-state index in [4.69, 9.17) is 9.47 Å². The van der Waals surface area contributed by atoms with Crippen molar-refractivity contribution in [3.8, 4) is 11.5 Å². The van der Waals surface area contributed by atoms with E-state index in [0.29, 0.717) is 34.9 Å². The molecule has 1 aliphatic heterocycles. The number of ether oxygens (including phenoxy) is 2. The lowest BCUT2D eigenvalue weighted by molar-refractivity contribution is -0.384. The zero-order chi connectivity index (χ0) is 24.9. The maximum absolute atomic E-state index is 13.5. The van der Waals surface area contributed by atoms with Gasteiger partial charge in [-0.15, -0.1) is 0 Å². The minimum absolute atomic E-state index is 0.0659. The zero-order valence-electron chi connectivity index (χ0n) is 19.3. The fourth-order valence-corrected chi connectivity index (χ4v) is 4.38. The predicted molar refractivity (Wildman–Crippen MR) is 131 cm³/mol. The number of piperidine rings is 1. The summed E-state index contributed by atoms with van der Waals surface area (Å²) in [7, 11) is 3.12. The number of hydrogen-bond donors (Lipinski definition) is 1. The van der Waals surface area contributed by atoms with Gasteiger partial charge in [0, 0.05) is 35.5 Å². The van der Waals surface area contributed by atoms with E-state index in [0.717, 1.165) is 0 Å². The van der Waals surface area contributed by atoms with Gasteiger partial charge in [-0.2, -0.15) is 0 Å². The van der Waals surface area contributed by atoms with Crippen LogP contribution in [0.1, 0.15) is 24.4 Å². The van der Waals surface area contributed by atoms with E-state index in [2.05, 4.69) is 5.32 Å². The summed E-state index contributed by atoms with van der Waals surface area (Å²) in [5.74, 6) is 0.228. The molecule has 1 saturated heterocycles. The van der Waals surface area contributed by atoms with Gasteiger partial charge in [-0.25, -0.2) is 0 Å². The summed E-state index contributed by atoms with van der Waals surface area (Å²) in [5.41, 5.74) is 1.72. The molecular weight excluding hydrogens is 450 g/mol. The Labute approximate surface area is 202 Å². The topological polar surface area (TPSA) is 111 Å². The summed E-state index contributed by atoms with van der Waals surface area (Å²) in [6.45, 7) is 0. The summed E-state index contributed by atoms with van der Waals surface area (Å²) in [5, 5.41) is 13.8. The Hall–Kier alpha value is -4.40. The number of amides is 2. The van der Waals surface area contributed by atoms with Crippen LogP contribution < -0.4 is 19.7 Å². The first-order chi connectivity index (χ1) is 16.9. The van der Waals surface area contributed by atoms with E-state index in [-0.39, 0.29) is 23.9 Å². The number of benzene rings is 3. The molecule has 2 unspecified atom stereocenters. The van der Waals surface area contributed by atoms with E-state index in [1.54, 1.807) is 49.5 Å². The van der Waals surface area contributed by atoms with Gasteiger partial charge < -0.3 is 19.7 Å². The Morgan fingerprint density at radius 2 is 1.69 bits per heavy atom. The first kappa shape index (κ1) is 23.7. The molecule has 3 aromatic carbocycles. The standard InChI is InChI=1S/C26H25N3O6/c1-34-20-13-11-18(12-14-20)28-24(30)16-15-22(25(28)21-5-3-4-6-23(21)35-2)26(31)27-17-7-9-19(10-8-17)29(32)33/h3-14,22,25H,15-16H2,1-2H3,(H,27,31). The molecule has 0 bridgehead atoms. The first-order valence-electron chi connectivity index (χ1n) is 11.1. The maximum atomic E-state index is 13.5. The summed E-state index contributed by atoms with van der Waals surface area (Å²) in [4.78, 5) is 38.8. The predicted octanol–water partition coefficient (Wildman–Crippen LogP) is 4.74. The van der Waals surface area contributed by atoms with E-state index in [1.165, 1.54) is 24.3 Å². The maximum Gasteiger partial charge on any atom is 0.269 e. The highest BCUT2D eigenvalue weighted by molar-refractivity contribution is 6.00. The van der Waals surface area contributed by atoms with Crippen LogP contribution in [0.4, 0.5) is 17.1 Å². The van der Waals surface area contributed by atoms with Gasteiger partial charge in [-0.1, -0.05) is 18.2 Å². The molecule has 9 nitrogen and oxygen atoms in total. The van der Waals surface area contributed by atoms with Crippen molar-refractivity contribution in [1.29, 1.82) is 0 Å². The molecule has 1 fully saturated rings. The van der Waals surface area contributed by atoms with Crippen molar-refractivity contribution in [3.05, 3.63) is 88.5 Å². The van der Waals surface area contributed by atoms with E-state index < -0.39 is 16.9 Å². The van der Waals surface area contributed by atoms with Crippen molar-refractivity contribution in [2.24, 2.45) is 5.92 Å². The molecular formula is C26H25N3O6. The van der Waals surface area contributed by atoms with Crippen LogP contribution in [0.2, 0.25) is 0 Å². The fraction of sp³-hybridized carbons (Fsp3) is 0.231. The number of carbonyl (C=O) groups excluding carboxylic acids is 2. The lowest BCUT2D eigenvalue weighted by Gasteiger charge is -2.41. The summed E-state index contributed by atoms with van der Waals surface area (Å²) in [6.07, 6.45) is 0.531. The normalized spacial score (nSPS) is 17.5. The second kappa shape index (κ2) is 10.3. The van der Waals surface area contributed by atoms with Crippen LogP contribution in [0.5, 0.6) is 11.5 Å².